The molecule has 1 heterocycles. The number of ether oxygens (including phenoxy) is 2. The molecule has 0 saturated carbocycles. The number of nitrogens with one attached hydrogen (secondary N) is 2. The Kier molecular flexibility index (Phi) is 5.15. The van der Waals surface area contributed by atoms with Crippen molar-refractivity contribution in [2.24, 2.45) is 0 Å². The zero-order chi connectivity index (χ0) is 17.6. The van der Waals surface area contributed by atoms with Crippen LogP contribution in [-0.2, 0) is 0 Å². The highest BCUT2D eigenvalue weighted by atomic mass is 32.1. The SMILES string of the molecule is COc1ccc(NC(=O)Nc2nc(-c3cccc(OC)c3)cs2)cc1. The van der Waals surface area contributed by atoms with Gasteiger partial charge in [-0.2, -0.15) is 0 Å². The molecule has 0 fully saturated rings. The number of methoxy groups -OCH3 is 2. The summed E-state index contributed by atoms with van der Waals surface area (Å²) in [6.45, 7) is 0. The van der Waals surface area contributed by atoms with E-state index in [1.807, 2.05) is 29.6 Å². The van der Waals surface area contributed by atoms with Gasteiger partial charge in [0.15, 0.2) is 5.13 Å². The van der Waals surface area contributed by atoms with Crippen LogP contribution >= 0.6 is 11.3 Å². The number of benzene rings is 2. The van der Waals surface area contributed by atoms with E-state index in [2.05, 4.69) is 15.6 Å². The predicted molar refractivity (Wildman–Crippen MR) is 99.7 cm³/mol. The molecule has 0 radical (unpaired) electrons. The number of anilines is 2. The maximum Gasteiger partial charge on any atom is 0.325 e. The Morgan fingerprint density at radius 3 is 2.48 bits per heavy atom. The van der Waals surface area contributed by atoms with Gasteiger partial charge >= 0.3 is 6.03 Å². The van der Waals surface area contributed by atoms with Gasteiger partial charge in [-0.15, -0.1) is 11.3 Å². The number of aromatic nitrogens is 1. The maximum atomic E-state index is 12.1. The fourth-order valence-corrected chi connectivity index (χ4v) is 2.89. The van der Waals surface area contributed by atoms with Gasteiger partial charge in [-0.3, -0.25) is 5.32 Å². The Bertz CT molecular complexity index is 862. The van der Waals surface area contributed by atoms with Gasteiger partial charge in [0.25, 0.3) is 0 Å². The minimum atomic E-state index is -0.350. The quantitative estimate of drug-likeness (QED) is 0.708. The third-order valence-electron chi connectivity index (χ3n) is 3.44. The highest BCUT2D eigenvalue weighted by Crippen LogP contribution is 2.27. The van der Waals surface area contributed by atoms with Crippen molar-refractivity contribution in [3.05, 3.63) is 53.9 Å². The van der Waals surface area contributed by atoms with Crippen LogP contribution in [0.3, 0.4) is 0 Å². The average Bonchev–Trinajstić information content (AvgIpc) is 3.10. The summed E-state index contributed by atoms with van der Waals surface area (Å²) in [5, 5.41) is 7.89. The smallest absolute Gasteiger partial charge is 0.325 e. The second-order valence-corrected chi connectivity index (χ2v) is 5.94. The molecule has 7 heteroatoms. The predicted octanol–water partition coefficient (Wildman–Crippen LogP) is 4.47. The molecule has 0 spiro atoms. The highest BCUT2D eigenvalue weighted by molar-refractivity contribution is 7.14. The zero-order valence-electron chi connectivity index (χ0n) is 13.8. The first-order valence-corrected chi connectivity index (χ1v) is 8.38. The van der Waals surface area contributed by atoms with Gasteiger partial charge in [0.2, 0.25) is 0 Å². The van der Waals surface area contributed by atoms with E-state index in [1.165, 1.54) is 11.3 Å². The monoisotopic (exact) mass is 355 g/mol. The summed E-state index contributed by atoms with van der Waals surface area (Å²) < 4.78 is 10.3. The molecule has 3 rings (SSSR count). The Hall–Kier alpha value is -3.06. The molecule has 0 aliphatic rings. The number of urea groups is 1. The molecule has 2 aromatic carbocycles. The lowest BCUT2D eigenvalue weighted by atomic mass is 10.2. The molecule has 6 nitrogen and oxygen atoms in total. The highest BCUT2D eigenvalue weighted by Gasteiger charge is 2.09. The maximum absolute atomic E-state index is 12.1. The molecule has 0 bridgehead atoms. The van der Waals surface area contributed by atoms with Crippen molar-refractivity contribution in [3.8, 4) is 22.8 Å². The molecule has 25 heavy (non-hydrogen) atoms. The minimum absolute atomic E-state index is 0.350. The van der Waals surface area contributed by atoms with Gasteiger partial charge < -0.3 is 14.8 Å². The van der Waals surface area contributed by atoms with Crippen molar-refractivity contribution in [1.82, 2.24) is 4.98 Å². The van der Waals surface area contributed by atoms with Gasteiger partial charge in [-0.1, -0.05) is 12.1 Å². The van der Waals surface area contributed by atoms with E-state index in [0.29, 0.717) is 10.8 Å². The molecular weight excluding hydrogens is 338 g/mol. The summed E-state index contributed by atoms with van der Waals surface area (Å²) in [6.07, 6.45) is 0. The first kappa shape index (κ1) is 16.8. The van der Waals surface area contributed by atoms with Gasteiger partial charge in [-0.05, 0) is 36.4 Å². The third-order valence-corrected chi connectivity index (χ3v) is 4.20. The number of hydrogen-bond acceptors (Lipinski definition) is 5. The van der Waals surface area contributed by atoms with E-state index in [1.54, 1.807) is 38.5 Å². The number of rotatable bonds is 5. The Morgan fingerprint density at radius 1 is 1.00 bits per heavy atom. The van der Waals surface area contributed by atoms with E-state index in [-0.39, 0.29) is 6.03 Å². The summed E-state index contributed by atoms with van der Waals surface area (Å²) in [6, 6.07) is 14.4. The van der Waals surface area contributed by atoms with Gasteiger partial charge in [0, 0.05) is 16.6 Å². The number of amides is 2. The van der Waals surface area contributed by atoms with E-state index in [0.717, 1.165) is 22.8 Å². The van der Waals surface area contributed by atoms with Crippen LogP contribution in [0.25, 0.3) is 11.3 Å². The fraction of sp³-hybridized carbons (Fsp3) is 0.111. The molecular formula is C18H17N3O3S. The second kappa shape index (κ2) is 7.67. The lowest BCUT2D eigenvalue weighted by Crippen LogP contribution is -2.19. The molecule has 0 saturated heterocycles. The molecule has 0 aliphatic carbocycles. The van der Waals surface area contributed by atoms with Crippen molar-refractivity contribution in [3.63, 3.8) is 0 Å². The Labute approximate surface area is 149 Å². The van der Waals surface area contributed by atoms with Crippen molar-refractivity contribution in [1.29, 1.82) is 0 Å². The zero-order valence-corrected chi connectivity index (χ0v) is 14.6. The molecule has 3 aromatic rings. The van der Waals surface area contributed by atoms with Crippen LogP contribution < -0.4 is 20.1 Å². The normalized spacial score (nSPS) is 10.2. The molecule has 2 amide bonds. The van der Waals surface area contributed by atoms with Crippen LogP contribution in [0.2, 0.25) is 0 Å². The summed E-state index contributed by atoms with van der Waals surface area (Å²) in [4.78, 5) is 16.5. The van der Waals surface area contributed by atoms with Crippen molar-refractivity contribution in [2.75, 3.05) is 24.9 Å². The summed E-state index contributed by atoms with van der Waals surface area (Å²) in [5.74, 6) is 1.49. The number of hydrogen-bond donors (Lipinski definition) is 2. The molecule has 1 aromatic heterocycles. The van der Waals surface area contributed by atoms with Crippen LogP contribution in [0.5, 0.6) is 11.5 Å². The van der Waals surface area contributed by atoms with Crippen LogP contribution in [0.4, 0.5) is 15.6 Å². The summed E-state index contributed by atoms with van der Waals surface area (Å²) >= 11 is 1.36. The standard InChI is InChI=1S/C18H17N3O3S/c1-23-14-8-6-13(7-9-14)19-17(22)21-18-20-16(11-25-18)12-4-3-5-15(10-12)24-2/h3-11H,1-2H3,(H2,19,20,21,22). The van der Waals surface area contributed by atoms with E-state index in [4.69, 9.17) is 9.47 Å². The topological polar surface area (TPSA) is 72.5 Å². The van der Waals surface area contributed by atoms with Crippen LogP contribution in [0.1, 0.15) is 0 Å². The third kappa shape index (κ3) is 4.27. The van der Waals surface area contributed by atoms with Crippen molar-refractivity contribution in [2.45, 2.75) is 0 Å². The minimum Gasteiger partial charge on any atom is -0.497 e. The second-order valence-electron chi connectivity index (χ2n) is 5.08. The summed E-state index contributed by atoms with van der Waals surface area (Å²) in [7, 11) is 3.22. The largest absolute Gasteiger partial charge is 0.497 e. The van der Waals surface area contributed by atoms with Crippen molar-refractivity contribution < 1.29 is 14.3 Å². The van der Waals surface area contributed by atoms with Crippen molar-refractivity contribution >= 4 is 28.2 Å². The van der Waals surface area contributed by atoms with Crippen LogP contribution in [0.15, 0.2) is 53.9 Å². The molecule has 2 N–H and O–H groups in total. The number of thiazole rings is 1. The van der Waals surface area contributed by atoms with E-state index in [9.17, 15) is 4.79 Å². The average molecular weight is 355 g/mol. The Morgan fingerprint density at radius 2 is 1.76 bits per heavy atom. The Balaban J connectivity index is 1.64. The molecule has 0 aliphatic heterocycles. The van der Waals surface area contributed by atoms with Crippen LogP contribution in [-0.4, -0.2) is 25.2 Å². The molecule has 0 unspecified atom stereocenters. The van der Waals surface area contributed by atoms with E-state index >= 15 is 0 Å². The summed E-state index contributed by atoms with van der Waals surface area (Å²) in [5.41, 5.74) is 2.38. The van der Waals surface area contributed by atoms with E-state index < -0.39 is 0 Å². The lowest BCUT2D eigenvalue weighted by Gasteiger charge is -2.06. The number of carbonyl (C=O) groups is 1. The van der Waals surface area contributed by atoms with Crippen LogP contribution in [0, 0.1) is 0 Å². The fourth-order valence-electron chi connectivity index (χ4n) is 2.18. The molecule has 128 valence electrons. The van der Waals surface area contributed by atoms with Gasteiger partial charge in [0.05, 0.1) is 19.9 Å². The first-order chi connectivity index (χ1) is 12.2. The number of nitrogens with zero attached hydrogens (tertiary/aromatic N) is 1. The molecule has 0 atom stereocenters. The van der Waals surface area contributed by atoms with Gasteiger partial charge in [-0.25, -0.2) is 9.78 Å². The number of carbonyl (C=O) groups excluding carboxylic acids is 1. The lowest BCUT2D eigenvalue weighted by molar-refractivity contribution is 0.262. The first-order valence-electron chi connectivity index (χ1n) is 7.50. The van der Waals surface area contributed by atoms with Gasteiger partial charge in [0.1, 0.15) is 11.5 Å².